The number of hydrogen-bond acceptors (Lipinski definition) is 0. The van der Waals surface area contributed by atoms with Gasteiger partial charge in [0.05, 0.1) is 16.7 Å². The largest absolute Gasteiger partial charge is 0.309 e. The molecule has 1 heterocycles. The van der Waals surface area contributed by atoms with Crippen molar-refractivity contribution in [3.63, 3.8) is 0 Å². The summed E-state index contributed by atoms with van der Waals surface area (Å²) in [5.74, 6) is 0. The molecule has 8 aromatic rings. The number of fused-ring (bicyclic) bond motifs is 5. The molecular weight excluding hydrogens is 470 g/mol. The molecule has 1 nitrogen and oxygen atoms in total. The summed E-state index contributed by atoms with van der Waals surface area (Å²) in [5.41, 5.74) is 8.63. The molecular formula is C38H25N. The molecule has 1 aromatic heterocycles. The maximum atomic E-state index is 2.42. The zero-order chi connectivity index (χ0) is 25.8. The van der Waals surface area contributed by atoms with Crippen LogP contribution in [-0.4, -0.2) is 4.57 Å². The molecule has 0 fully saturated rings. The molecule has 0 atom stereocenters. The third-order valence-electron chi connectivity index (χ3n) is 8.00. The van der Waals surface area contributed by atoms with Gasteiger partial charge in [-0.15, -0.1) is 0 Å². The van der Waals surface area contributed by atoms with Crippen molar-refractivity contribution < 1.29 is 0 Å². The van der Waals surface area contributed by atoms with Crippen LogP contribution in [-0.2, 0) is 0 Å². The van der Waals surface area contributed by atoms with Crippen LogP contribution in [0.1, 0.15) is 0 Å². The summed E-state index contributed by atoms with van der Waals surface area (Å²) in [6.45, 7) is 0. The van der Waals surface area contributed by atoms with Crippen LogP contribution in [0, 0.1) is 0 Å². The van der Waals surface area contributed by atoms with Crippen molar-refractivity contribution in [2.45, 2.75) is 0 Å². The van der Waals surface area contributed by atoms with Crippen molar-refractivity contribution in [3.8, 4) is 27.9 Å². The van der Waals surface area contributed by atoms with E-state index in [1.807, 2.05) is 0 Å². The van der Waals surface area contributed by atoms with Gasteiger partial charge >= 0.3 is 0 Å². The molecule has 0 aliphatic heterocycles. The standard InChI is InChI=1S/C38H25N/c1-3-13-31-27(9-1)11-7-16-32(31)29-21-19-26(20-22-29)30-23-24-38-35(25-30)34-15-5-6-17-37(34)39(38)36-18-8-12-28-10-2-4-14-33(28)36/h1-25H. The SMILES string of the molecule is c1ccc2c(-c3ccc(-c4ccc5c(c4)c4ccccc4n5-c4cccc5ccccc45)cc3)cccc2c1. The van der Waals surface area contributed by atoms with Crippen LogP contribution in [0.2, 0.25) is 0 Å². The van der Waals surface area contributed by atoms with Crippen LogP contribution in [0.3, 0.4) is 0 Å². The third kappa shape index (κ3) is 3.48. The molecule has 0 aliphatic carbocycles. The summed E-state index contributed by atoms with van der Waals surface area (Å²) < 4.78 is 2.42. The third-order valence-corrected chi connectivity index (χ3v) is 8.00. The fourth-order valence-corrected chi connectivity index (χ4v) is 6.13. The van der Waals surface area contributed by atoms with Crippen molar-refractivity contribution in [1.82, 2.24) is 4.57 Å². The topological polar surface area (TPSA) is 4.93 Å². The number of rotatable bonds is 3. The fourth-order valence-electron chi connectivity index (χ4n) is 6.13. The fraction of sp³-hybridized carbons (Fsp3) is 0. The van der Waals surface area contributed by atoms with Gasteiger partial charge in [-0.05, 0) is 62.7 Å². The van der Waals surface area contributed by atoms with Gasteiger partial charge in [0, 0.05) is 16.2 Å². The van der Waals surface area contributed by atoms with E-state index in [1.54, 1.807) is 0 Å². The Balaban J connectivity index is 1.28. The minimum Gasteiger partial charge on any atom is -0.309 e. The van der Waals surface area contributed by atoms with Gasteiger partial charge in [0.25, 0.3) is 0 Å². The van der Waals surface area contributed by atoms with E-state index in [-0.39, 0.29) is 0 Å². The minimum absolute atomic E-state index is 1.21. The lowest BCUT2D eigenvalue weighted by Crippen LogP contribution is -1.95. The van der Waals surface area contributed by atoms with Crippen molar-refractivity contribution in [1.29, 1.82) is 0 Å². The second kappa shape index (κ2) is 8.72. The van der Waals surface area contributed by atoms with E-state index in [1.165, 1.54) is 71.3 Å². The van der Waals surface area contributed by atoms with Crippen molar-refractivity contribution >= 4 is 43.4 Å². The molecule has 0 unspecified atom stereocenters. The highest BCUT2D eigenvalue weighted by Gasteiger charge is 2.15. The Kier molecular flexibility index (Phi) is 4.89. The predicted octanol–water partition coefficient (Wildman–Crippen LogP) is 10.4. The highest BCUT2D eigenvalue weighted by molar-refractivity contribution is 6.11. The molecule has 182 valence electrons. The van der Waals surface area contributed by atoms with Gasteiger partial charge in [-0.2, -0.15) is 0 Å². The predicted molar refractivity (Wildman–Crippen MR) is 167 cm³/mol. The molecule has 39 heavy (non-hydrogen) atoms. The Hall–Kier alpha value is -5.14. The molecule has 0 amide bonds. The Morgan fingerprint density at radius 3 is 1.72 bits per heavy atom. The highest BCUT2D eigenvalue weighted by Crippen LogP contribution is 2.37. The summed E-state index contributed by atoms with van der Waals surface area (Å²) in [7, 11) is 0. The minimum atomic E-state index is 1.21. The van der Waals surface area contributed by atoms with Gasteiger partial charge in [-0.1, -0.05) is 127 Å². The molecule has 0 bridgehead atoms. The lowest BCUT2D eigenvalue weighted by atomic mass is 9.96. The van der Waals surface area contributed by atoms with Gasteiger partial charge in [0.2, 0.25) is 0 Å². The van der Waals surface area contributed by atoms with E-state index < -0.39 is 0 Å². The second-order valence-corrected chi connectivity index (χ2v) is 10.2. The maximum Gasteiger partial charge on any atom is 0.0541 e. The first kappa shape index (κ1) is 21.9. The normalized spacial score (nSPS) is 11.6. The summed E-state index contributed by atoms with van der Waals surface area (Å²) in [6.07, 6.45) is 0. The number of aromatic nitrogens is 1. The first-order valence-corrected chi connectivity index (χ1v) is 13.5. The van der Waals surface area contributed by atoms with Gasteiger partial charge in [0.1, 0.15) is 0 Å². The van der Waals surface area contributed by atoms with Gasteiger partial charge in [-0.25, -0.2) is 0 Å². The maximum absolute atomic E-state index is 2.42. The van der Waals surface area contributed by atoms with Crippen LogP contribution < -0.4 is 0 Å². The zero-order valence-electron chi connectivity index (χ0n) is 21.4. The molecule has 8 rings (SSSR count). The monoisotopic (exact) mass is 495 g/mol. The second-order valence-electron chi connectivity index (χ2n) is 10.2. The van der Waals surface area contributed by atoms with E-state index >= 15 is 0 Å². The Morgan fingerprint density at radius 2 is 0.897 bits per heavy atom. The van der Waals surface area contributed by atoms with Crippen molar-refractivity contribution in [3.05, 3.63) is 152 Å². The van der Waals surface area contributed by atoms with Crippen molar-refractivity contribution in [2.24, 2.45) is 0 Å². The Bertz CT molecular complexity index is 2150. The van der Waals surface area contributed by atoms with E-state index in [0.29, 0.717) is 0 Å². The summed E-state index contributed by atoms with van der Waals surface area (Å²) in [5, 5.41) is 7.62. The van der Waals surface area contributed by atoms with Gasteiger partial charge in [0.15, 0.2) is 0 Å². The van der Waals surface area contributed by atoms with Crippen LogP contribution >= 0.6 is 0 Å². The van der Waals surface area contributed by atoms with E-state index in [4.69, 9.17) is 0 Å². The Morgan fingerprint density at radius 1 is 0.333 bits per heavy atom. The zero-order valence-corrected chi connectivity index (χ0v) is 21.4. The lowest BCUT2D eigenvalue weighted by molar-refractivity contribution is 1.20. The Labute approximate surface area is 227 Å². The molecule has 0 saturated heterocycles. The van der Waals surface area contributed by atoms with Crippen LogP contribution in [0.4, 0.5) is 0 Å². The molecule has 0 saturated carbocycles. The average Bonchev–Trinajstić information content (AvgIpc) is 3.34. The van der Waals surface area contributed by atoms with Crippen molar-refractivity contribution in [2.75, 3.05) is 0 Å². The van der Waals surface area contributed by atoms with Gasteiger partial charge < -0.3 is 4.57 Å². The van der Waals surface area contributed by atoms with Gasteiger partial charge in [-0.3, -0.25) is 0 Å². The average molecular weight is 496 g/mol. The first-order chi connectivity index (χ1) is 19.3. The number of benzene rings is 7. The molecule has 0 N–H and O–H groups in total. The van der Waals surface area contributed by atoms with Crippen LogP contribution in [0.15, 0.2) is 152 Å². The smallest absolute Gasteiger partial charge is 0.0541 e. The summed E-state index contributed by atoms with van der Waals surface area (Å²) in [6, 6.07) is 55.0. The summed E-state index contributed by atoms with van der Waals surface area (Å²) >= 11 is 0. The molecule has 7 aromatic carbocycles. The quantitative estimate of drug-likeness (QED) is 0.230. The molecule has 0 spiro atoms. The van der Waals surface area contributed by atoms with Crippen LogP contribution in [0.5, 0.6) is 0 Å². The number of hydrogen-bond donors (Lipinski definition) is 0. The number of nitrogens with zero attached hydrogens (tertiary/aromatic N) is 1. The van der Waals surface area contributed by atoms with E-state index in [0.717, 1.165) is 0 Å². The van der Waals surface area contributed by atoms with Crippen LogP contribution in [0.25, 0.3) is 71.3 Å². The highest BCUT2D eigenvalue weighted by atomic mass is 15.0. The number of para-hydroxylation sites is 1. The molecule has 0 aliphatic rings. The summed E-state index contributed by atoms with van der Waals surface area (Å²) in [4.78, 5) is 0. The molecule has 0 radical (unpaired) electrons. The van der Waals surface area contributed by atoms with E-state index in [9.17, 15) is 0 Å². The van der Waals surface area contributed by atoms with E-state index in [2.05, 4.69) is 156 Å². The molecule has 1 heteroatoms. The lowest BCUT2D eigenvalue weighted by Gasteiger charge is -2.12. The first-order valence-electron chi connectivity index (χ1n) is 13.5.